The number of rotatable bonds is 7. The van der Waals surface area contributed by atoms with E-state index in [0.717, 1.165) is 29.8 Å². The van der Waals surface area contributed by atoms with Crippen molar-refractivity contribution in [1.82, 2.24) is 4.90 Å². The molecule has 0 unspecified atom stereocenters. The van der Waals surface area contributed by atoms with Crippen molar-refractivity contribution in [2.75, 3.05) is 42.5 Å². The van der Waals surface area contributed by atoms with Gasteiger partial charge in [0.15, 0.2) is 0 Å². The summed E-state index contributed by atoms with van der Waals surface area (Å²) in [5.74, 6) is 0.0340. The van der Waals surface area contributed by atoms with Crippen LogP contribution in [0.15, 0.2) is 47.4 Å². The number of sulfonamides is 2. The zero-order valence-electron chi connectivity index (χ0n) is 18.2. The van der Waals surface area contributed by atoms with Crippen molar-refractivity contribution in [3.05, 3.63) is 48.0 Å². The lowest BCUT2D eigenvalue weighted by Gasteiger charge is -2.27. The molecule has 0 saturated carbocycles. The van der Waals surface area contributed by atoms with E-state index in [1.165, 1.54) is 44.5 Å². The van der Waals surface area contributed by atoms with Gasteiger partial charge in [-0.3, -0.25) is 13.8 Å². The molecule has 9 nitrogen and oxygen atoms in total. The molecule has 1 saturated heterocycles. The average Bonchev–Trinajstić information content (AvgIpc) is 2.77. The van der Waals surface area contributed by atoms with Gasteiger partial charge in [0.25, 0.3) is 15.9 Å². The highest BCUT2D eigenvalue weighted by molar-refractivity contribution is 7.92. The first-order valence-corrected chi connectivity index (χ1v) is 13.4. The highest BCUT2D eigenvalue weighted by atomic mass is 32.2. The Labute approximate surface area is 189 Å². The van der Waals surface area contributed by atoms with Gasteiger partial charge in [-0.1, -0.05) is 6.07 Å². The summed E-state index contributed by atoms with van der Waals surface area (Å²) < 4.78 is 58.4. The molecule has 32 heavy (non-hydrogen) atoms. The Kier molecular flexibility index (Phi) is 6.99. The summed E-state index contributed by atoms with van der Waals surface area (Å²) in [6, 6.07) is 10.2. The Morgan fingerprint density at radius 2 is 1.72 bits per heavy atom. The molecule has 1 heterocycles. The Hall–Kier alpha value is -2.79. The second kappa shape index (κ2) is 9.37. The molecular formula is C21H27N3O6S2. The molecule has 0 radical (unpaired) electrons. The predicted molar refractivity (Wildman–Crippen MR) is 123 cm³/mol. The molecule has 11 heteroatoms. The lowest BCUT2D eigenvalue weighted by Crippen LogP contribution is -2.35. The van der Waals surface area contributed by atoms with Gasteiger partial charge < -0.3 is 9.64 Å². The number of carbonyl (C=O) groups is 1. The fourth-order valence-electron chi connectivity index (χ4n) is 3.46. The SMILES string of the molecule is COc1ccc(S(=O)(=O)Nc2cccc(N(C)S(C)(=O)=O)c2)cc1C(=O)N1CCCCC1. The van der Waals surface area contributed by atoms with E-state index in [9.17, 15) is 21.6 Å². The summed E-state index contributed by atoms with van der Waals surface area (Å²) in [4.78, 5) is 14.6. The minimum atomic E-state index is -4.05. The number of nitrogens with zero attached hydrogens (tertiary/aromatic N) is 2. The normalized spacial score (nSPS) is 14.7. The van der Waals surface area contributed by atoms with E-state index in [-0.39, 0.29) is 22.1 Å². The van der Waals surface area contributed by atoms with Crippen molar-refractivity contribution < 1.29 is 26.4 Å². The van der Waals surface area contributed by atoms with E-state index in [1.54, 1.807) is 17.0 Å². The maximum Gasteiger partial charge on any atom is 0.261 e. The molecule has 174 valence electrons. The molecule has 2 aromatic carbocycles. The highest BCUT2D eigenvalue weighted by Crippen LogP contribution is 2.27. The van der Waals surface area contributed by atoms with Gasteiger partial charge in [-0.25, -0.2) is 16.8 Å². The van der Waals surface area contributed by atoms with Crippen LogP contribution in [-0.4, -0.2) is 61.1 Å². The van der Waals surface area contributed by atoms with E-state index in [0.29, 0.717) is 24.5 Å². The molecule has 0 atom stereocenters. The smallest absolute Gasteiger partial charge is 0.261 e. The Balaban J connectivity index is 1.91. The number of likely N-dealkylation sites (tertiary alicyclic amines) is 1. The second-order valence-corrected chi connectivity index (χ2v) is 11.3. The number of hydrogen-bond acceptors (Lipinski definition) is 6. The number of anilines is 2. The second-order valence-electron chi connectivity index (χ2n) is 7.60. The number of methoxy groups -OCH3 is 1. The van der Waals surface area contributed by atoms with Crippen LogP contribution < -0.4 is 13.8 Å². The molecule has 1 aliphatic heterocycles. The van der Waals surface area contributed by atoms with Crippen LogP contribution in [0, 0.1) is 0 Å². The van der Waals surface area contributed by atoms with Gasteiger partial charge in [-0.05, 0) is 55.7 Å². The standard InChI is InChI=1S/C21H27N3O6S2/c1-23(31(3,26)27)17-9-7-8-16(14-17)22-32(28,29)18-10-11-20(30-2)19(15-18)21(25)24-12-5-4-6-13-24/h7-11,14-15,22H,4-6,12-13H2,1-3H3. The van der Waals surface area contributed by atoms with Crippen LogP contribution in [0.25, 0.3) is 0 Å². The summed E-state index contributed by atoms with van der Waals surface area (Å²) in [6.07, 6.45) is 3.94. The molecule has 1 fully saturated rings. The Morgan fingerprint density at radius 3 is 2.34 bits per heavy atom. The van der Waals surface area contributed by atoms with E-state index in [1.807, 2.05) is 0 Å². The first kappa shape index (κ1) is 23.9. The van der Waals surface area contributed by atoms with Crippen LogP contribution in [0.5, 0.6) is 5.75 Å². The number of hydrogen-bond donors (Lipinski definition) is 1. The van der Waals surface area contributed by atoms with Gasteiger partial charge in [0, 0.05) is 20.1 Å². The number of carbonyl (C=O) groups excluding carboxylic acids is 1. The topological polar surface area (TPSA) is 113 Å². The van der Waals surface area contributed by atoms with Crippen molar-refractivity contribution in [3.8, 4) is 5.75 Å². The molecule has 1 aliphatic rings. The summed E-state index contributed by atoms with van der Waals surface area (Å²) in [7, 11) is -4.74. The zero-order chi connectivity index (χ0) is 23.5. The largest absolute Gasteiger partial charge is 0.496 e. The summed E-state index contributed by atoms with van der Waals surface area (Å²) >= 11 is 0. The fourth-order valence-corrected chi connectivity index (χ4v) is 5.03. The van der Waals surface area contributed by atoms with Crippen LogP contribution in [0.4, 0.5) is 11.4 Å². The van der Waals surface area contributed by atoms with E-state index < -0.39 is 20.0 Å². The molecule has 3 rings (SSSR count). The zero-order valence-corrected chi connectivity index (χ0v) is 19.9. The van der Waals surface area contributed by atoms with Crippen molar-refractivity contribution in [3.63, 3.8) is 0 Å². The maximum absolute atomic E-state index is 13.0. The third kappa shape index (κ3) is 5.33. The quantitative estimate of drug-likeness (QED) is 0.650. The van der Waals surface area contributed by atoms with Crippen molar-refractivity contribution in [1.29, 1.82) is 0 Å². The number of amides is 1. The minimum Gasteiger partial charge on any atom is -0.496 e. The fraction of sp³-hybridized carbons (Fsp3) is 0.381. The Morgan fingerprint density at radius 1 is 1.03 bits per heavy atom. The van der Waals surface area contributed by atoms with Gasteiger partial charge in [-0.2, -0.15) is 0 Å². The van der Waals surface area contributed by atoms with Crippen molar-refractivity contribution >= 4 is 37.3 Å². The monoisotopic (exact) mass is 481 g/mol. The van der Waals surface area contributed by atoms with Crippen LogP contribution in [0.2, 0.25) is 0 Å². The lowest BCUT2D eigenvalue weighted by atomic mass is 10.1. The highest BCUT2D eigenvalue weighted by Gasteiger charge is 2.25. The lowest BCUT2D eigenvalue weighted by molar-refractivity contribution is 0.0720. The van der Waals surface area contributed by atoms with Gasteiger partial charge >= 0.3 is 0 Å². The minimum absolute atomic E-state index is 0.0967. The molecule has 0 aromatic heterocycles. The van der Waals surface area contributed by atoms with Gasteiger partial charge in [-0.15, -0.1) is 0 Å². The summed E-state index contributed by atoms with van der Waals surface area (Å²) in [6.45, 7) is 1.25. The van der Waals surface area contributed by atoms with E-state index in [4.69, 9.17) is 4.74 Å². The van der Waals surface area contributed by atoms with Gasteiger partial charge in [0.1, 0.15) is 5.75 Å². The van der Waals surface area contributed by atoms with Crippen molar-refractivity contribution in [2.24, 2.45) is 0 Å². The molecule has 0 spiro atoms. The summed E-state index contributed by atoms with van der Waals surface area (Å²) in [5.41, 5.74) is 0.684. The molecule has 0 aliphatic carbocycles. The predicted octanol–water partition coefficient (Wildman–Crippen LogP) is 2.52. The molecule has 1 N–H and O–H groups in total. The first-order valence-electron chi connectivity index (χ1n) is 10.1. The third-order valence-electron chi connectivity index (χ3n) is 5.31. The van der Waals surface area contributed by atoms with Crippen LogP contribution in [-0.2, 0) is 20.0 Å². The average molecular weight is 482 g/mol. The number of ether oxygens (including phenoxy) is 1. The van der Waals surface area contributed by atoms with Crippen molar-refractivity contribution in [2.45, 2.75) is 24.2 Å². The molecular weight excluding hydrogens is 454 g/mol. The van der Waals surface area contributed by atoms with Crippen LogP contribution >= 0.6 is 0 Å². The molecule has 2 aromatic rings. The first-order chi connectivity index (χ1) is 15.0. The summed E-state index contributed by atoms with van der Waals surface area (Å²) in [5, 5.41) is 0. The number of nitrogens with one attached hydrogen (secondary N) is 1. The maximum atomic E-state index is 13.0. The van der Waals surface area contributed by atoms with Gasteiger partial charge in [0.05, 0.1) is 35.2 Å². The molecule has 1 amide bonds. The molecule has 0 bridgehead atoms. The van der Waals surface area contributed by atoms with Crippen LogP contribution in [0.1, 0.15) is 29.6 Å². The van der Waals surface area contributed by atoms with Gasteiger partial charge in [0.2, 0.25) is 10.0 Å². The number of benzene rings is 2. The van der Waals surface area contributed by atoms with E-state index in [2.05, 4.69) is 4.72 Å². The number of piperidine rings is 1. The third-order valence-corrected chi connectivity index (χ3v) is 7.90. The van der Waals surface area contributed by atoms with Crippen LogP contribution in [0.3, 0.4) is 0 Å². The Bertz CT molecular complexity index is 1210. The van der Waals surface area contributed by atoms with E-state index >= 15 is 0 Å².